The highest BCUT2D eigenvalue weighted by Crippen LogP contribution is 2.17. The zero-order chi connectivity index (χ0) is 11.4. The predicted octanol–water partition coefficient (Wildman–Crippen LogP) is 2.06. The number of hydrogen-bond donors (Lipinski definition) is 0. The molecule has 2 aromatic rings. The van der Waals surface area contributed by atoms with Gasteiger partial charge in [0.15, 0.2) is 0 Å². The van der Waals surface area contributed by atoms with E-state index in [4.69, 9.17) is 4.42 Å². The average Bonchev–Trinajstić information content (AvgIpc) is 2.87. The van der Waals surface area contributed by atoms with Crippen LogP contribution in [-0.4, -0.2) is 26.0 Å². The molecule has 2 heterocycles. The van der Waals surface area contributed by atoms with E-state index in [1.165, 1.54) is 0 Å². The van der Waals surface area contributed by atoms with E-state index in [0.29, 0.717) is 12.5 Å². The van der Waals surface area contributed by atoms with Crippen molar-refractivity contribution >= 4 is 11.8 Å². The molecule has 0 N–H and O–H groups in total. The third kappa shape index (κ3) is 2.85. The minimum absolute atomic E-state index is 0.584. The van der Waals surface area contributed by atoms with Gasteiger partial charge in [0.05, 0.1) is 6.26 Å². The second kappa shape index (κ2) is 5.16. The number of furan rings is 1. The molecule has 16 heavy (non-hydrogen) atoms. The van der Waals surface area contributed by atoms with E-state index in [9.17, 15) is 0 Å². The van der Waals surface area contributed by atoms with Crippen LogP contribution in [0.25, 0.3) is 0 Å². The lowest BCUT2D eigenvalue weighted by atomic mass is 10.3. The summed E-state index contributed by atoms with van der Waals surface area (Å²) in [6.45, 7) is 4.93. The van der Waals surface area contributed by atoms with Crippen LogP contribution in [0, 0.1) is 5.92 Å². The molecule has 0 aliphatic heterocycles. The average molecular weight is 238 g/mol. The Morgan fingerprint density at radius 1 is 1.50 bits per heavy atom. The molecule has 5 nitrogen and oxygen atoms in total. The van der Waals surface area contributed by atoms with Gasteiger partial charge in [-0.25, -0.2) is 4.68 Å². The Balaban J connectivity index is 2.01. The molecule has 86 valence electrons. The molecule has 0 aliphatic rings. The van der Waals surface area contributed by atoms with Gasteiger partial charge in [0.1, 0.15) is 12.3 Å². The lowest BCUT2D eigenvalue weighted by Crippen LogP contribution is -2.04. The maximum atomic E-state index is 5.26. The van der Waals surface area contributed by atoms with Crippen molar-refractivity contribution in [3.8, 4) is 0 Å². The molecule has 0 spiro atoms. The molecule has 2 rings (SSSR count). The summed E-state index contributed by atoms with van der Waals surface area (Å²) in [5, 5.41) is 12.5. The van der Waals surface area contributed by atoms with Gasteiger partial charge in [-0.05, 0) is 28.5 Å². The van der Waals surface area contributed by atoms with Crippen molar-refractivity contribution in [1.82, 2.24) is 20.2 Å². The summed E-state index contributed by atoms with van der Waals surface area (Å²) in [6, 6.07) is 3.78. The molecular formula is C10H14N4OS. The monoisotopic (exact) mass is 238 g/mol. The van der Waals surface area contributed by atoms with E-state index in [1.807, 2.05) is 12.1 Å². The predicted molar refractivity (Wildman–Crippen MR) is 61.2 cm³/mol. The number of rotatable bonds is 5. The molecule has 0 aromatic carbocycles. The standard InChI is InChI=1S/C10H14N4OS/c1-8(2)7-16-10-11-12-13-14(10)6-9-4-3-5-15-9/h3-5,8H,6-7H2,1-2H3. The van der Waals surface area contributed by atoms with Crippen LogP contribution in [0.3, 0.4) is 0 Å². The van der Waals surface area contributed by atoms with Crippen LogP contribution in [0.2, 0.25) is 0 Å². The largest absolute Gasteiger partial charge is 0.467 e. The molecule has 0 amide bonds. The molecule has 0 radical (unpaired) electrons. The lowest BCUT2D eigenvalue weighted by Gasteiger charge is -2.04. The molecule has 2 aromatic heterocycles. The maximum absolute atomic E-state index is 5.26. The third-order valence-corrected chi connectivity index (χ3v) is 3.31. The van der Waals surface area contributed by atoms with Crippen LogP contribution in [0.15, 0.2) is 28.0 Å². The van der Waals surface area contributed by atoms with Crippen LogP contribution in [0.4, 0.5) is 0 Å². The quantitative estimate of drug-likeness (QED) is 0.746. The van der Waals surface area contributed by atoms with Gasteiger partial charge in [0.2, 0.25) is 5.16 Å². The van der Waals surface area contributed by atoms with E-state index in [-0.39, 0.29) is 0 Å². The highest BCUT2D eigenvalue weighted by Gasteiger charge is 2.09. The molecule has 0 unspecified atom stereocenters. The fraction of sp³-hybridized carbons (Fsp3) is 0.500. The van der Waals surface area contributed by atoms with E-state index in [2.05, 4.69) is 29.4 Å². The lowest BCUT2D eigenvalue weighted by molar-refractivity contribution is 0.462. The fourth-order valence-corrected chi connectivity index (χ4v) is 2.02. The maximum Gasteiger partial charge on any atom is 0.209 e. The van der Waals surface area contributed by atoms with Gasteiger partial charge in [0, 0.05) is 5.75 Å². The second-order valence-electron chi connectivity index (χ2n) is 3.90. The molecule has 0 fully saturated rings. The first kappa shape index (κ1) is 11.2. The summed E-state index contributed by atoms with van der Waals surface area (Å²) in [5.41, 5.74) is 0. The highest BCUT2D eigenvalue weighted by molar-refractivity contribution is 7.99. The molecular weight excluding hydrogens is 224 g/mol. The Bertz CT molecular complexity index is 424. The zero-order valence-corrected chi connectivity index (χ0v) is 10.1. The summed E-state index contributed by atoms with van der Waals surface area (Å²) < 4.78 is 7.02. The normalized spacial score (nSPS) is 11.2. The van der Waals surface area contributed by atoms with E-state index >= 15 is 0 Å². The summed E-state index contributed by atoms with van der Waals surface area (Å²) >= 11 is 1.67. The Morgan fingerprint density at radius 2 is 2.38 bits per heavy atom. The van der Waals surface area contributed by atoms with Crippen molar-refractivity contribution in [2.24, 2.45) is 5.92 Å². The van der Waals surface area contributed by atoms with Crippen molar-refractivity contribution in [2.45, 2.75) is 25.5 Å². The fourth-order valence-electron chi connectivity index (χ4n) is 1.19. The van der Waals surface area contributed by atoms with E-state index < -0.39 is 0 Å². The summed E-state index contributed by atoms with van der Waals surface area (Å²) in [5.74, 6) is 2.50. The van der Waals surface area contributed by atoms with Crippen LogP contribution < -0.4 is 0 Å². The second-order valence-corrected chi connectivity index (χ2v) is 4.89. The number of tetrazole rings is 1. The van der Waals surface area contributed by atoms with Crippen molar-refractivity contribution in [2.75, 3.05) is 5.75 Å². The molecule has 0 aliphatic carbocycles. The van der Waals surface area contributed by atoms with E-state index in [0.717, 1.165) is 16.7 Å². The zero-order valence-electron chi connectivity index (χ0n) is 9.33. The van der Waals surface area contributed by atoms with Gasteiger partial charge in [-0.2, -0.15) is 0 Å². The number of aromatic nitrogens is 4. The van der Waals surface area contributed by atoms with Crippen molar-refractivity contribution in [3.05, 3.63) is 24.2 Å². The third-order valence-electron chi connectivity index (χ3n) is 1.93. The Kier molecular flexibility index (Phi) is 3.61. The molecule has 0 saturated heterocycles. The van der Waals surface area contributed by atoms with Crippen LogP contribution in [0.1, 0.15) is 19.6 Å². The molecule has 0 bridgehead atoms. The van der Waals surface area contributed by atoms with Crippen molar-refractivity contribution < 1.29 is 4.42 Å². The first-order valence-corrected chi connectivity index (χ1v) is 6.15. The Hall–Kier alpha value is -1.30. The SMILES string of the molecule is CC(C)CSc1nnnn1Cc1ccco1. The smallest absolute Gasteiger partial charge is 0.209 e. The van der Waals surface area contributed by atoms with Crippen molar-refractivity contribution in [1.29, 1.82) is 0 Å². The summed E-state index contributed by atoms with van der Waals surface area (Å²) in [6.07, 6.45) is 1.65. The Labute approximate surface area is 98.2 Å². The van der Waals surface area contributed by atoms with Crippen LogP contribution in [-0.2, 0) is 6.54 Å². The van der Waals surface area contributed by atoms with Crippen molar-refractivity contribution in [3.63, 3.8) is 0 Å². The number of thioether (sulfide) groups is 1. The minimum atomic E-state index is 0.584. The highest BCUT2D eigenvalue weighted by atomic mass is 32.2. The van der Waals surface area contributed by atoms with Gasteiger partial charge in [-0.3, -0.25) is 0 Å². The first-order valence-electron chi connectivity index (χ1n) is 5.17. The Morgan fingerprint density at radius 3 is 3.06 bits per heavy atom. The molecule has 0 saturated carbocycles. The number of hydrogen-bond acceptors (Lipinski definition) is 5. The molecule has 6 heteroatoms. The summed E-state index contributed by atoms with van der Waals surface area (Å²) in [4.78, 5) is 0. The van der Waals surface area contributed by atoms with Gasteiger partial charge >= 0.3 is 0 Å². The minimum Gasteiger partial charge on any atom is -0.467 e. The van der Waals surface area contributed by atoms with Gasteiger partial charge < -0.3 is 4.42 Å². The topological polar surface area (TPSA) is 56.7 Å². The van der Waals surface area contributed by atoms with Gasteiger partial charge in [-0.15, -0.1) is 5.10 Å². The van der Waals surface area contributed by atoms with Crippen LogP contribution in [0.5, 0.6) is 0 Å². The van der Waals surface area contributed by atoms with E-state index in [1.54, 1.807) is 22.7 Å². The van der Waals surface area contributed by atoms with Gasteiger partial charge in [-0.1, -0.05) is 25.6 Å². The first-order chi connectivity index (χ1) is 7.75. The molecule has 0 atom stereocenters. The summed E-state index contributed by atoms with van der Waals surface area (Å²) in [7, 11) is 0. The van der Waals surface area contributed by atoms with Crippen LogP contribution >= 0.6 is 11.8 Å². The van der Waals surface area contributed by atoms with Gasteiger partial charge in [0.25, 0.3) is 0 Å². The number of nitrogens with zero attached hydrogens (tertiary/aromatic N) is 4.